The van der Waals surface area contributed by atoms with E-state index in [2.05, 4.69) is 69.3 Å². The van der Waals surface area contributed by atoms with Crippen molar-refractivity contribution in [2.45, 2.75) is 103 Å². The van der Waals surface area contributed by atoms with Crippen LogP contribution in [0.5, 0.6) is 0 Å². The Balaban J connectivity index is 1.83. The van der Waals surface area contributed by atoms with Crippen molar-refractivity contribution in [3.05, 3.63) is 70.8 Å². The van der Waals surface area contributed by atoms with Crippen molar-refractivity contribution in [1.82, 2.24) is 0 Å². The summed E-state index contributed by atoms with van der Waals surface area (Å²) in [4.78, 5) is 0. The third kappa shape index (κ3) is 5.14. The van der Waals surface area contributed by atoms with Gasteiger partial charge in [0.05, 0.1) is 0 Å². The fourth-order valence-electron chi connectivity index (χ4n) is 5.77. The van der Waals surface area contributed by atoms with E-state index in [1.54, 1.807) is 22.3 Å². The molecule has 0 aliphatic heterocycles. The van der Waals surface area contributed by atoms with Crippen LogP contribution in [0.15, 0.2) is 48.5 Å². The summed E-state index contributed by atoms with van der Waals surface area (Å²) in [6, 6.07) is 18.6. The summed E-state index contributed by atoms with van der Waals surface area (Å²) in [6.45, 7) is 6.95. The van der Waals surface area contributed by atoms with E-state index in [4.69, 9.17) is 0 Å². The van der Waals surface area contributed by atoms with Crippen molar-refractivity contribution >= 4 is 0 Å². The van der Waals surface area contributed by atoms with Gasteiger partial charge in [0.25, 0.3) is 0 Å². The summed E-state index contributed by atoms with van der Waals surface area (Å²) >= 11 is 0. The van der Waals surface area contributed by atoms with E-state index in [1.807, 2.05) is 0 Å². The fraction of sp³-hybridized carbons (Fsp3) is 0.586. The van der Waals surface area contributed by atoms with Crippen LogP contribution in [0, 0.1) is 5.92 Å². The van der Waals surface area contributed by atoms with Crippen LogP contribution in [0.3, 0.4) is 0 Å². The summed E-state index contributed by atoms with van der Waals surface area (Å²) in [6.07, 6.45) is 16.2. The minimum atomic E-state index is 0.220. The van der Waals surface area contributed by atoms with Gasteiger partial charge in [-0.2, -0.15) is 0 Å². The molecule has 1 aliphatic carbocycles. The highest BCUT2D eigenvalue weighted by atomic mass is 14.4. The maximum Gasteiger partial charge on any atom is 0.0208 e. The molecular formula is C29H42. The van der Waals surface area contributed by atoms with E-state index in [-0.39, 0.29) is 5.41 Å². The Labute approximate surface area is 180 Å². The fourth-order valence-corrected chi connectivity index (χ4v) is 5.77. The third-order valence-corrected chi connectivity index (χ3v) is 7.50. The molecule has 3 rings (SSSR count). The molecule has 2 aromatic carbocycles. The van der Waals surface area contributed by atoms with Gasteiger partial charge in [-0.15, -0.1) is 0 Å². The Morgan fingerprint density at radius 2 is 1.21 bits per heavy atom. The standard InChI is InChI=1S/C29H42/c1-4-7-8-9-10-15-24-20-22-29(23-21-24,27-18-13-11-16-25(27)5-2)28-19-14-12-17-26(28)6-3/h11-14,16-19,24H,4-10,15,20-23H2,1-3H3. The second kappa shape index (κ2) is 11.0. The predicted molar refractivity (Wildman–Crippen MR) is 128 cm³/mol. The van der Waals surface area contributed by atoms with Gasteiger partial charge in [0, 0.05) is 5.41 Å². The average molecular weight is 391 g/mol. The molecule has 0 unspecified atom stereocenters. The van der Waals surface area contributed by atoms with Crippen molar-refractivity contribution in [2.24, 2.45) is 5.92 Å². The van der Waals surface area contributed by atoms with E-state index in [9.17, 15) is 0 Å². The molecule has 158 valence electrons. The molecule has 1 saturated carbocycles. The van der Waals surface area contributed by atoms with Gasteiger partial charge in [-0.25, -0.2) is 0 Å². The monoisotopic (exact) mass is 390 g/mol. The predicted octanol–water partition coefficient (Wildman–Crippen LogP) is 8.65. The molecule has 0 heterocycles. The van der Waals surface area contributed by atoms with Crippen LogP contribution < -0.4 is 0 Å². The Bertz CT molecular complexity index is 684. The normalized spacial score (nSPS) is 16.8. The van der Waals surface area contributed by atoms with Crippen LogP contribution in [0.1, 0.15) is 107 Å². The maximum atomic E-state index is 2.44. The van der Waals surface area contributed by atoms with Gasteiger partial charge in [-0.3, -0.25) is 0 Å². The second-order valence-corrected chi connectivity index (χ2v) is 9.25. The van der Waals surface area contributed by atoms with Gasteiger partial charge >= 0.3 is 0 Å². The molecule has 0 amide bonds. The van der Waals surface area contributed by atoms with E-state index < -0.39 is 0 Å². The summed E-state index contributed by atoms with van der Waals surface area (Å²) < 4.78 is 0. The molecule has 0 nitrogen and oxygen atoms in total. The number of rotatable bonds is 10. The lowest BCUT2D eigenvalue weighted by atomic mass is 9.60. The van der Waals surface area contributed by atoms with E-state index in [0.717, 1.165) is 18.8 Å². The Kier molecular flexibility index (Phi) is 8.40. The lowest BCUT2D eigenvalue weighted by Gasteiger charge is -2.43. The zero-order valence-corrected chi connectivity index (χ0v) is 19.2. The van der Waals surface area contributed by atoms with Gasteiger partial charge in [0.15, 0.2) is 0 Å². The lowest BCUT2D eigenvalue weighted by Crippen LogP contribution is -2.35. The van der Waals surface area contributed by atoms with Crippen molar-refractivity contribution in [1.29, 1.82) is 0 Å². The molecule has 29 heavy (non-hydrogen) atoms. The zero-order valence-electron chi connectivity index (χ0n) is 19.2. The van der Waals surface area contributed by atoms with Gasteiger partial charge in [-0.05, 0) is 66.7 Å². The molecule has 0 atom stereocenters. The Morgan fingerprint density at radius 1 is 0.690 bits per heavy atom. The number of benzene rings is 2. The molecule has 0 N–H and O–H groups in total. The first-order valence-electron chi connectivity index (χ1n) is 12.4. The molecule has 0 aromatic heterocycles. The van der Waals surface area contributed by atoms with E-state index in [1.165, 1.54) is 64.2 Å². The van der Waals surface area contributed by atoms with Crippen molar-refractivity contribution < 1.29 is 0 Å². The van der Waals surface area contributed by atoms with Crippen LogP contribution in [0.25, 0.3) is 0 Å². The van der Waals surface area contributed by atoms with Crippen molar-refractivity contribution in [3.63, 3.8) is 0 Å². The summed E-state index contributed by atoms with van der Waals surface area (Å²) in [5.74, 6) is 0.937. The number of aryl methyl sites for hydroxylation is 2. The summed E-state index contributed by atoms with van der Waals surface area (Å²) in [5.41, 5.74) is 6.56. The average Bonchev–Trinajstić information content (AvgIpc) is 2.79. The second-order valence-electron chi connectivity index (χ2n) is 9.25. The van der Waals surface area contributed by atoms with Crippen LogP contribution in [0.2, 0.25) is 0 Å². The van der Waals surface area contributed by atoms with Gasteiger partial charge in [0.1, 0.15) is 0 Å². The third-order valence-electron chi connectivity index (χ3n) is 7.50. The van der Waals surface area contributed by atoms with Crippen LogP contribution >= 0.6 is 0 Å². The molecule has 0 saturated heterocycles. The molecule has 0 bridgehead atoms. The van der Waals surface area contributed by atoms with E-state index in [0.29, 0.717) is 0 Å². The minimum absolute atomic E-state index is 0.220. The smallest absolute Gasteiger partial charge is 0.0208 e. The molecule has 1 fully saturated rings. The number of hydrogen-bond acceptors (Lipinski definition) is 0. The summed E-state index contributed by atoms with van der Waals surface area (Å²) in [5, 5.41) is 0. The number of unbranched alkanes of at least 4 members (excludes halogenated alkanes) is 4. The summed E-state index contributed by atoms with van der Waals surface area (Å²) in [7, 11) is 0. The largest absolute Gasteiger partial charge is 0.0654 e. The quantitative estimate of drug-likeness (QED) is 0.356. The molecule has 0 heteroatoms. The highest BCUT2D eigenvalue weighted by molar-refractivity contribution is 5.47. The SMILES string of the molecule is CCCCCCCC1CCC(c2ccccc2CC)(c2ccccc2CC)CC1. The van der Waals surface area contributed by atoms with Gasteiger partial charge < -0.3 is 0 Å². The Morgan fingerprint density at radius 3 is 1.72 bits per heavy atom. The number of hydrogen-bond donors (Lipinski definition) is 0. The Hall–Kier alpha value is -1.56. The minimum Gasteiger partial charge on any atom is -0.0654 e. The highest BCUT2D eigenvalue weighted by Crippen LogP contribution is 2.49. The maximum absolute atomic E-state index is 2.44. The lowest BCUT2D eigenvalue weighted by molar-refractivity contribution is 0.248. The first-order chi connectivity index (χ1) is 14.2. The van der Waals surface area contributed by atoms with Crippen molar-refractivity contribution in [3.8, 4) is 0 Å². The first kappa shape index (κ1) is 22.1. The molecule has 1 aliphatic rings. The van der Waals surface area contributed by atoms with Crippen LogP contribution in [-0.2, 0) is 18.3 Å². The highest BCUT2D eigenvalue weighted by Gasteiger charge is 2.40. The van der Waals surface area contributed by atoms with Gasteiger partial charge in [0.2, 0.25) is 0 Å². The van der Waals surface area contributed by atoms with E-state index >= 15 is 0 Å². The van der Waals surface area contributed by atoms with Crippen LogP contribution in [0.4, 0.5) is 0 Å². The molecule has 2 aromatic rings. The molecule has 0 radical (unpaired) electrons. The first-order valence-corrected chi connectivity index (χ1v) is 12.4. The van der Waals surface area contributed by atoms with Crippen molar-refractivity contribution in [2.75, 3.05) is 0 Å². The van der Waals surface area contributed by atoms with Crippen LogP contribution in [-0.4, -0.2) is 0 Å². The molecule has 0 spiro atoms. The zero-order chi connectivity index (χ0) is 20.5. The van der Waals surface area contributed by atoms with Gasteiger partial charge in [-0.1, -0.05) is 108 Å². The topological polar surface area (TPSA) is 0 Å². The molecular weight excluding hydrogens is 348 g/mol.